The van der Waals surface area contributed by atoms with E-state index in [9.17, 15) is 13.2 Å². The van der Waals surface area contributed by atoms with Crippen molar-refractivity contribution in [3.8, 4) is 0 Å². The van der Waals surface area contributed by atoms with Crippen molar-refractivity contribution in [3.63, 3.8) is 0 Å². The van der Waals surface area contributed by atoms with Crippen molar-refractivity contribution < 1.29 is 13.2 Å². The Bertz CT molecular complexity index is 428. The first-order valence-electron chi connectivity index (χ1n) is 6.62. The third-order valence-electron chi connectivity index (χ3n) is 3.44. The van der Waals surface area contributed by atoms with E-state index in [-0.39, 0.29) is 0 Å². The second-order valence-corrected chi connectivity index (χ2v) is 4.98. The summed E-state index contributed by atoms with van der Waals surface area (Å²) in [6.07, 6.45) is -2.41. The summed E-state index contributed by atoms with van der Waals surface area (Å²) in [6, 6.07) is 3.83. The standard InChI is InChI=1S/C13H19F3N4/c14-13(15,16)10-20-6-4-19(5-7-20)9-11-2-1-3-18-12(11)8-17/h1-3H,4-10,17H2. The molecule has 7 heteroatoms. The van der Waals surface area contributed by atoms with Crippen LogP contribution in [-0.2, 0) is 13.1 Å². The van der Waals surface area contributed by atoms with Gasteiger partial charge in [0.25, 0.3) is 0 Å². The quantitative estimate of drug-likeness (QED) is 0.905. The molecule has 1 saturated heterocycles. The van der Waals surface area contributed by atoms with Crippen molar-refractivity contribution in [1.29, 1.82) is 0 Å². The van der Waals surface area contributed by atoms with Crippen LogP contribution in [0.5, 0.6) is 0 Å². The van der Waals surface area contributed by atoms with E-state index in [2.05, 4.69) is 9.88 Å². The van der Waals surface area contributed by atoms with Crippen molar-refractivity contribution in [3.05, 3.63) is 29.6 Å². The van der Waals surface area contributed by atoms with Crippen LogP contribution in [0.3, 0.4) is 0 Å². The molecule has 0 bridgehead atoms. The van der Waals surface area contributed by atoms with Gasteiger partial charge >= 0.3 is 6.18 Å². The third-order valence-corrected chi connectivity index (χ3v) is 3.44. The SMILES string of the molecule is NCc1ncccc1CN1CCN(CC(F)(F)F)CC1. The summed E-state index contributed by atoms with van der Waals surface area (Å²) in [5.41, 5.74) is 7.54. The van der Waals surface area contributed by atoms with Crippen molar-refractivity contribution in [2.45, 2.75) is 19.3 Å². The minimum atomic E-state index is -4.11. The predicted molar refractivity (Wildman–Crippen MR) is 69.9 cm³/mol. The van der Waals surface area contributed by atoms with E-state index < -0.39 is 12.7 Å². The minimum Gasteiger partial charge on any atom is -0.325 e. The molecule has 2 rings (SSSR count). The van der Waals surface area contributed by atoms with Crippen LogP contribution in [0.1, 0.15) is 11.3 Å². The molecular weight excluding hydrogens is 269 g/mol. The number of halogens is 3. The summed E-state index contributed by atoms with van der Waals surface area (Å²) in [4.78, 5) is 7.81. The van der Waals surface area contributed by atoms with Gasteiger partial charge in [-0.3, -0.25) is 14.8 Å². The molecule has 0 atom stereocenters. The summed E-state index contributed by atoms with van der Waals surface area (Å²) in [7, 11) is 0. The molecule has 2 N–H and O–H groups in total. The summed E-state index contributed by atoms with van der Waals surface area (Å²) in [5.74, 6) is 0. The van der Waals surface area contributed by atoms with Gasteiger partial charge in [0.15, 0.2) is 0 Å². The number of alkyl halides is 3. The number of hydrogen-bond donors (Lipinski definition) is 1. The Morgan fingerprint density at radius 2 is 1.80 bits per heavy atom. The van der Waals surface area contributed by atoms with Crippen molar-refractivity contribution in [2.24, 2.45) is 5.73 Å². The zero-order chi connectivity index (χ0) is 14.6. The molecule has 0 unspecified atom stereocenters. The number of aromatic nitrogens is 1. The van der Waals surface area contributed by atoms with Gasteiger partial charge in [0, 0.05) is 45.5 Å². The summed E-state index contributed by atoms with van der Waals surface area (Å²) >= 11 is 0. The van der Waals surface area contributed by atoms with Gasteiger partial charge in [0.05, 0.1) is 12.2 Å². The molecule has 2 heterocycles. The van der Waals surface area contributed by atoms with E-state index in [1.807, 2.05) is 12.1 Å². The first-order chi connectivity index (χ1) is 9.48. The molecule has 1 fully saturated rings. The van der Waals surface area contributed by atoms with E-state index in [1.54, 1.807) is 6.20 Å². The number of pyridine rings is 1. The molecule has 0 spiro atoms. The fourth-order valence-electron chi connectivity index (χ4n) is 2.40. The number of hydrogen-bond acceptors (Lipinski definition) is 4. The molecule has 0 amide bonds. The van der Waals surface area contributed by atoms with Gasteiger partial charge in [-0.2, -0.15) is 13.2 Å². The monoisotopic (exact) mass is 288 g/mol. The smallest absolute Gasteiger partial charge is 0.325 e. The lowest BCUT2D eigenvalue weighted by Crippen LogP contribution is -2.48. The fourth-order valence-corrected chi connectivity index (χ4v) is 2.40. The Hall–Kier alpha value is -1.18. The number of nitrogens with zero attached hydrogens (tertiary/aromatic N) is 3. The molecule has 0 aliphatic carbocycles. The Morgan fingerprint density at radius 3 is 2.40 bits per heavy atom. The van der Waals surface area contributed by atoms with Crippen LogP contribution in [0.2, 0.25) is 0 Å². The lowest BCUT2D eigenvalue weighted by atomic mass is 10.1. The van der Waals surface area contributed by atoms with E-state index in [0.29, 0.717) is 39.3 Å². The molecule has 1 aromatic rings. The highest BCUT2D eigenvalue weighted by atomic mass is 19.4. The van der Waals surface area contributed by atoms with E-state index in [1.165, 1.54) is 4.90 Å². The summed E-state index contributed by atoms with van der Waals surface area (Å²) in [5, 5.41) is 0. The van der Waals surface area contributed by atoms with Gasteiger partial charge in [-0.25, -0.2) is 0 Å². The molecule has 1 aliphatic rings. The predicted octanol–water partition coefficient (Wildman–Crippen LogP) is 1.22. The topological polar surface area (TPSA) is 45.4 Å². The van der Waals surface area contributed by atoms with E-state index in [4.69, 9.17) is 5.73 Å². The number of piperazine rings is 1. The highest BCUT2D eigenvalue weighted by molar-refractivity contribution is 5.19. The molecule has 1 aromatic heterocycles. The second kappa shape index (κ2) is 6.51. The summed E-state index contributed by atoms with van der Waals surface area (Å²) < 4.78 is 36.9. The maximum atomic E-state index is 12.3. The van der Waals surface area contributed by atoms with Crippen LogP contribution in [0.15, 0.2) is 18.3 Å². The molecular formula is C13H19F3N4. The number of rotatable bonds is 4. The van der Waals surface area contributed by atoms with Crippen LogP contribution in [0.25, 0.3) is 0 Å². The van der Waals surface area contributed by atoms with Gasteiger partial charge in [-0.15, -0.1) is 0 Å². The maximum absolute atomic E-state index is 12.3. The van der Waals surface area contributed by atoms with Crippen molar-refractivity contribution >= 4 is 0 Å². The Labute approximate surface area is 116 Å². The molecule has 0 aromatic carbocycles. The third kappa shape index (κ3) is 4.43. The average molecular weight is 288 g/mol. The average Bonchev–Trinajstić information content (AvgIpc) is 2.40. The largest absolute Gasteiger partial charge is 0.401 e. The molecule has 0 saturated carbocycles. The molecule has 112 valence electrons. The first kappa shape index (κ1) is 15.2. The molecule has 20 heavy (non-hydrogen) atoms. The normalized spacial score (nSPS) is 18.4. The van der Waals surface area contributed by atoms with Gasteiger partial charge in [0.1, 0.15) is 0 Å². The zero-order valence-corrected chi connectivity index (χ0v) is 11.2. The highest BCUT2D eigenvalue weighted by Gasteiger charge is 2.32. The van der Waals surface area contributed by atoms with Crippen LogP contribution in [0, 0.1) is 0 Å². The van der Waals surface area contributed by atoms with Crippen LogP contribution in [-0.4, -0.2) is 53.7 Å². The van der Waals surface area contributed by atoms with Crippen LogP contribution < -0.4 is 5.73 Å². The van der Waals surface area contributed by atoms with Gasteiger partial charge in [0.2, 0.25) is 0 Å². The molecule has 0 radical (unpaired) electrons. The lowest BCUT2D eigenvalue weighted by Gasteiger charge is -2.35. The fraction of sp³-hybridized carbons (Fsp3) is 0.615. The minimum absolute atomic E-state index is 0.379. The second-order valence-electron chi connectivity index (χ2n) is 4.98. The van der Waals surface area contributed by atoms with E-state index >= 15 is 0 Å². The van der Waals surface area contributed by atoms with Crippen molar-refractivity contribution in [2.75, 3.05) is 32.7 Å². The van der Waals surface area contributed by atoms with Gasteiger partial charge in [-0.05, 0) is 11.6 Å². The zero-order valence-electron chi connectivity index (χ0n) is 11.2. The lowest BCUT2D eigenvalue weighted by molar-refractivity contribution is -0.149. The molecule has 4 nitrogen and oxygen atoms in total. The number of nitrogens with two attached hydrogens (primary N) is 1. The maximum Gasteiger partial charge on any atom is 0.401 e. The highest BCUT2D eigenvalue weighted by Crippen LogP contribution is 2.18. The Kier molecular flexibility index (Phi) is 4.95. The summed E-state index contributed by atoms with van der Waals surface area (Å²) in [6.45, 7) is 2.41. The van der Waals surface area contributed by atoms with Crippen molar-refractivity contribution in [1.82, 2.24) is 14.8 Å². The van der Waals surface area contributed by atoms with Gasteiger partial charge in [-0.1, -0.05) is 6.07 Å². The van der Waals surface area contributed by atoms with Crippen LogP contribution >= 0.6 is 0 Å². The molecule has 1 aliphatic heterocycles. The van der Waals surface area contributed by atoms with Crippen LogP contribution in [0.4, 0.5) is 13.2 Å². The Morgan fingerprint density at radius 1 is 1.15 bits per heavy atom. The van der Waals surface area contributed by atoms with Gasteiger partial charge < -0.3 is 5.73 Å². The first-order valence-corrected chi connectivity index (χ1v) is 6.62. The Balaban J connectivity index is 1.85. The van der Waals surface area contributed by atoms with E-state index in [0.717, 1.165) is 11.3 Å².